The summed E-state index contributed by atoms with van der Waals surface area (Å²) in [6.45, 7) is 0.177. The number of carbonyl (C=O) groups excluding carboxylic acids is 4. The number of primary amides is 1. The lowest BCUT2D eigenvalue weighted by atomic mass is 10.0. The average Bonchev–Trinajstić information content (AvgIpc) is 3.23. The van der Waals surface area contributed by atoms with Crippen LogP contribution in [-0.2, 0) is 20.9 Å². The van der Waals surface area contributed by atoms with Gasteiger partial charge in [-0.3, -0.25) is 19.3 Å². The molecule has 0 spiro atoms. The van der Waals surface area contributed by atoms with Crippen LogP contribution in [0, 0.1) is 0 Å². The second kappa shape index (κ2) is 9.89. The number of allylic oxidation sites excluding steroid dienone is 1. The number of halogens is 1. The first-order valence-electron chi connectivity index (χ1n) is 9.76. The summed E-state index contributed by atoms with van der Waals surface area (Å²) in [6, 6.07) is 2.18. The zero-order chi connectivity index (χ0) is 25.3. The van der Waals surface area contributed by atoms with Crippen LogP contribution in [0.4, 0.5) is 9.93 Å². The number of fused-ring (bicyclic) bond motifs is 1. The molecular formula is C19H17ClN7O6S2+. The van der Waals surface area contributed by atoms with Crippen LogP contribution in [0.5, 0.6) is 5.75 Å². The topological polar surface area (TPSA) is 194 Å². The van der Waals surface area contributed by atoms with Crippen LogP contribution in [0.1, 0.15) is 5.69 Å². The molecule has 0 aromatic carbocycles. The molecule has 4 rings (SSSR count). The van der Waals surface area contributed by atoms with Crippen molar-refractivity contribution in [3.63, 3.8) is 0 Å². The Morgan fingerprint density at radius 1 is 1.43 bits per heavy atom. The van der Waals surface area contributed by atoms with Gasteiger partial charge < -0.3 is 26.7 Å². The molecule has 2 aliphatic rings. The molecule has 2 atom stereocenters. The number of pyridine rings is 1. The number of oxime groups is 1. The fourth-order valence-corrected chi connectivity index (χ4v) is 5.70. The third kappa shape index (κ3) is 4.91. The lowest BCUT2D eigenvalue weighted by molar-refractivity contribution is -0.689. The maximum Gasteiger partial charge on any atom is 0.410 e. The van der Waals surface area contributed by atoms with Gasteiger partial charge in [-0.05, 0) is 17.7 Å². The first-order chi connectivity index (χ1) is 16.7. The van der Waals surface area contributed by atoms with E-state index in [0.29, 0.717) is 11.3 Å². The number of anilines is 1. The second-order valence-electron chi connectivity index (χ2n) is 7.24. The summed E-state index contributed by atoms with van der Waals surface area (Å²) in [5, 5.41) is 14.9. The summed E-state index contributed by atoms with van der Waals surface area (Å²) in [7, 11) is 0. The number of aromatic nitrogens is 2. The van der Waals surface area contributed by atoms with E-state index in [9.17, 15) is 24.4 Å². The van der Waals surface area contributed by atoms with Crippen LogP contribution >= 0.6 is 34.7 Å². The Balaban J connectivity index is 1.52. The van der Waals surface area contributed by atoms with Gasteiger partial charge in [0, 0.05) is 22.8 Å². The number of amides is 3. The van der Waals surface area contributed by atoms with Gasteiger partial charge in [0.15, 0.2) is 29.3 Å². The third-order valence-electron chi connectivity index (χ3n) is 5.02. The molecule has 0 saturated carbocycles. The van der Waals surface area contributed by atoms with Gasteiger partial charge in [0.1, 0.15) is 22.8 Å². The van der Waals surface area contributed by atoms with Gasteiger partial charge in [0.2, 0.25) is 6.20 Å². The van der Waals surface area contributed by atoms with E-state index in [0.717, 1.165) is 11.3 Å². The number of nitrogen functional groups attached to an aromatic ring is 1. The van der Waals surface area contributed by atoms with Gasteiger partial charge in [-0.15, -0.1) is 23.1 Å². The molecule has 3 amide bonds. The Bertz CT molecular complexity index is 1300. The normalized spacial score (nSPS) is 19.6. The van der Waals surface area contributed by atoms with E-state index >= 15 is 0 Å². The van der Waals surface area contributed by atoms with Crippen molar-refractivity contribution in [2.45, 2.75) is 18.0 Å². The van der Waals surface area contributed by atoms with E-state index in [-0.39, 0.29) is 28.8 Å². The number of ether oxygens (including phenoxy) is 1. The van der Waals surface area contributed by atoms with Crippen LogP contribution in [0.15, 0.2) is 46.3 Å². The number of β-lactam (4-membered cyclic amide) rings is 1. The van der Waals surface area contributed by atoms with E-state index in [2.05, 4.69) is 15.5 Å². The molecule has 2 aliphatic heterocycles. The number of carbonyl (C=O) groups is 4. The van der Waals surface area contributed by atoms with E-state index < -0.39 is 40.3 Å². The van der Waals surface area contributed by atoms with Gasteiger partial charge in [-0.1, -0.05) is 5.16 Å². The summed E-state index contributed by atoms with van der Waals surface area (Å²) < 4.78 is 6.50. The predicted octanol–water partition coefficient (Wildman–Crippen LogP) is -0.232. The SMILES string of the molecule is NC(=O)Oc1ccc[n+](CC2=C(C(=O)Cl)N3C(=O)[C@@H](NC(=O)C(=NO)c4csc(N)n4)[C@@H]3SC2)c1. The maximum absolute atomic E-state index is 12.9. The Kier molecular flexibility index (Phi) is 6.90. The average molecular weight is 539 g/mol. The second-order valence-corrected chi connectivity index (χ2v) is 9.58. The minimum atomic E-state index is -0.979. The predicted molar refractivity (Wildman–Crippen MR) is 125 cm³/mol. The molecule has 1 saturated heterocycles. The van der Waals surface area contributed by atoms with Crippen molar-refractivity contribution in [3.8, 4) is 5.75 Å². The molecule has 1 fully saturated rings. The quantitative estimate of drug-likeness (QED) is 0.0919. The number of nitrogens with two attached hydrogens (primary N) is 2. The summed E-state index contributed by atoms with van der Waals surface area (Å²) in [6.07, 6.45) is 2.21. The molecular weight excluding hydrogens is 522 g/mol. The molecule has 2 aromatic rings. The first kappa shape index (κ1) is 24.4. The number of rotatable bonds is 7. The molecule has 16 heteroatoms. The largest absolute Gasteiger partial charge is 0.410 e. The minimum absolute atomic E-state index is 0.0166. The van der Waals surface area contributed by atoms with Crippen LogP contribution in [0.25, 0.3) is 0 Å². The molecule has 182 valence electrons. The summed E-state index contributed by atoms with van der Waals surface area (Å²) in [5.74, 6) is -0.854. The molecule has 0 unspecified atom stereocenters. The highest BCUT2D eigenvalue weighted by molar-refractivity contribution is 8.00. The molecule has 0 radical (unpaired) electrons. The van der Waals surface area contributed by atoms with Crippen molar-refractivity contribution in [3.05, 3.63) is 46.9 Å². The fourth-order valence-electron chi connectivity index (χ4n) is 3.60. The summed E-state index contributed by atoms with van der Waals surface area (Å²) in [4.78, 5) is 53.9. The molecule has 0 aliphatic carbocycles. The molecule has 0 bridgehead atoms. The van der Waals surface area contributed by atoms with Crippen molar-refractivity contribution < 1.29 is 33.7 Å². The van der Waals surface area contributed by atoms with E-state index in [4.69, 9.17) is 27.8 Å². The Hall–Kier alpha value is -3.69. The van der Waals surface area contributed by atoms with Gasteiger partial charge >= 0.3 is 6.09 Å². The minimum Gasteiger partial charge on any atom is -0.410 e. The molecule has 2 aromatic heterocycles. The number of thiazole rings is 1. The van der Waals surface area contributed by atoms with Gasteiger partial charge in [0.25, 0.3) is 17.1 Å². The highest BCUT2D eigenvalue weighted by Crippen LogP contribution is 2.41. The Morgan fingerprint density at radius 2 is 2.20 bits per heavy atom. The number of thioether (sulfide) groups is 1. The molecule has 6 N–H and O–H groups in total. The van der Waals surface area contributed by atoms with Crippen LogP contribution in [0.3, 0.4) is 0 Å². The van der Waals surface area contributed by atoms with Crippen molar-refractivity contribution in [2.24, 2.45) is 10.9 Å². The standard InChI is InChI=1S/C19H16ClN7O6S2/c20-14(28)13-8(4-26-3-1-2-9(5-26)33-19(22)31)6-34-17-12(16(30)27(13)17)24-15(29)11(25-32)10-7-35-18(21)23-10/h1-3,5,7,12,17H,4,6H2,(H5-,21,22,23,24,29,31,32)/p+1/t12-,17+/m1/s1. The van der Waals surface area contributed by atoms with Crippen LogP contribution < -0.4 is 26.1 Å². The van der Waals surface area contributed by atoms with E-state index in [1.54, 1.807) is 16.8 Å². The summed E-state index contributed by atoms with van der Waals surface area (Å²) >= 11 is 8.20. The van der Waals surface area contributed by atoms with Gasteiger partial charge in [0.05, 0.1) is 0 Å². The number of hydrogen-bond acceptors (Lipinski definition) is 11. The van der Waals surface area contributed by atoms with Crippen molar-refractivity contribution in [1.82, 2.24) is 15.2 Å². The van der Waals surface area contributed by atoms with Crippen LogP contribution in [0.2, 0.25) is 0 Å². The fraction of sp³-hybridized carbons (Fsp3) is 0.211. The zero-order valence-corrected chi connectivity index (χ0v) is 20.0. The number of nitrogens with zero attached hydrogens (tertiary/aromatic N) is 4. The van der Waals surface area contributed by atoms with E-state index in [1.807, 2.05) is 0 Å². The zero-order valence-electron chi connectivity index (χ0n) is 17.6. The summed E-state index contributed by atoms with van der Waals surface area (Å²) in [5.41, 5.74) is 10.8. The van der Waals surface area contributed by atoms with Crippen LogP contribution in [-0.4, -0.2) is 61.1 Å². The number of nitrogens with one attached hydrogen (secondary N) is 1. The number of hydrogen-bond donors (Lipinski definition) is 4. The smallest absolute Gasteiger partial charge is 0.410 e. The lowest BCUT2D eigenvalue weighted by Crippen LogP contribution is -2.71. The molecule has 35 heavy (non-hydrogen) atoms. The maximum atomic E-state index is 12.9. The van der Waals surface area contributed by atoms with Gasteiger partial charge in [-0.25, -0.2) is 9.78 Å². The van der Waals surface area contributed by atoms with Crippen molar-refractivity contribution >= 4 is 68.7 Å². The Labute approximate surface area is 210 Å². The molecule has 13 nitrogen and oxygen atoms in total. The highest BCUT2D eigenvalue weighted by atomic mass is 35.5. The lowest BCUT2D eigenvalue weighted by Gasteiger charge is -2.49. The molecule has 4 heterocycles. The Morgan fingerprint density at radius 3 is 2.83 bits per heavy atom. The highest BCUT2D eigenvalue weighted by Gasteiger charge is 2.54. The monoisotopic (exact) mass is 538 g/mol. The third-order valence-corrected chi connectivity index (χ3v) is 7.22. The van der Waals surface area contributed by atoms with E-state index in [1.165, 1.54) is 34.3 Å². The van der Waals surface area contributed by atoms with Crippen molar-refractivity contribution in [2.75, 3.05) is 11.5 Å². The van der Waals surface area contributed by atoms with Gasteiger partial charge in [-0.2, -0.15) is 4.57 Å². The first-order valence-corrected chi connectivity index (χ1v) is 12.1. The van der Waals surface area contributed by atoms with Crippen molar-refractivity contribution in [1.29, 1.82) is 0 Å².